The third-order valence-electron chi connectivity index (χ3n) is 2.74. The van der Waals surface area contributed by atoms with Crippen LogP contribution >= 0.6 is 0 Å². The van der Waals surface area contributed by atoms with Crippen LogP contribution in [0.5, 0.6) is 0 Å². The number of pyridine rings is 1. The van der Waals surface area contributed by atoms with Gasteiger partial charge in [0.05, 0.1) is 17.7 Å². The normalized spacial score (nSPS) is 19.6. The number of ether oxygens (including phenoxy) is 1. The van der Waals surface area contributed by atoms with Crippen LogP contribution in [-0.4, -0.2) is 11.6 Å². The van der Waals surface area contributed by atoms with Crippen LogP contribution in [0.2, 0.25) is 0 Å². The van der Waals surface area contributed by atoms with Crippen molar-refractivity contribution >= 4 is 10.9 Å². The first-order chi connectivity index (χ1) is 8.05. The molecule has 0 N–H and O–H groups in total. The van der Waals surface area contributed by atoms with Gasteiger partial charge in [0.25, 0.3) is 0 Å². The monoisotopic (exact) mass is 239 g/mol. The minimum Gasteiger partial charge on any atom is -0.368 e. The highest BCUT2D eigenvalue weighted by molar-refractivity contribution is 5.82. The van der Waals surface area contributed by atoms with Crippen molar-refractivity contribution in [3.8, 4) is 0 Å². The molecule has 1 unspecified atom stereocenters. The van der Waals surface area contributed by atoms with Crippen molar-refractivity contribution < 1.29 is 17.9 Å². The SMILES string of the molecule is FC(F)(F)c1cccc2cc(C3CO3)cnc12. The molecule has 2 aromatic rings. The fourth-order valence-electron chi connectivity index (χ4n) is 1.82. The molecule has 0 bridgehead atoms. The Morgan fingerprint density at radius 2 is 2.06 bits per heavy atom. The largest absolute Gasteiger partial charge is 0.418 e. The zero-order valence-electron chi connectivity index (χ0n) is 8.66. The highest BCUT2D eigenvalue weighted by Crippen LogP contribution is 2.36. The summed E-state index contributed by atoms with van der Waals surface area (Å²) in [5.74, 6) is 0. The lowest BCUT2D eigenvalue weighted by Gasteiger charge is -2.09. The van der Waals surface area contributed by atoms with Gasteiger partial charge in [-0.15, -0.1) is 0 Å². The Kier molecular flexibility index (Phi) is 2.13. The first kappa shape index (κ1) is 10.5. The number of aromatic nitrogens is 1. The molecule has 1 atom stereocenters. The van der Waals surface area contributed by atoms with E-state index in [2.05, 4.69) is 4.98 Å². The third-order valence-corrected chi connectivity index (χ3v) is 2.74. The fraction of sp³-hybridized carbons (Fsp3) is 0.250. The molecule has 88 valence electrons. The molecule has 1 aromatic heterocycles. The first-order valence-electron chi connectivity index (χ1n) is 5.13. The summed E-state index contributed by atoms with van der Waals surface area (Å²) in [5.41, 5.74) is 0.125. The van der Waals surface area contributed by atoms with Crippen molar-refractivity contribution in [3.63, 3.8) is 0 Å². The van der Waals surface area contributed by atoms with E-state index >= 15 is 0 Å². The molecule has 5 heteroatoms. The lowest BCUT2D eigenvalue weighted by atomic mass is 10.1. The minimum absolute atomic E-state index is 0.00134. The standard InChI is InChI=1S/C12H8F3NO/c13-12(14,15)9-3-1-2-7-4-8(10-6-17-10)5-16-11(7)9/h1-5,10H,6H2. The molecule has 1 fully saturated rings. The molecule has 2 heterocycles. The number of halogens is 3. The van der Waals surface area contributed by atoms with Gasteiger partial charge in [-0.05, 0) is 12.1 Å². The van der Waals surface area contributed by atoms with Crippen molar-refractivity contribution in [3.05, 3.63) is 41.6 Å². The average molecular weight is 239 g/mol. The van der Waals surface area contributed by atoms with E-state index in [4.69, 9.17) is 4.74 Å². The van der Waals surface area contributed by atoms with Crippen LogP contribution in [0.4, 0.5) is 13.2 Å². The highest BCUT2D eigenvalue weighted by atomic mass is 19.4. The molecular formula is C12H8F3NO. The van der Waals surface area contributed by atoms with E-state index in [1.54, 1.807) is 12.1 Å². The molecule has 0 spiro atoms. The van der Waals surface area contributed by atoms with Gasteiger partial charge >= 0.3 is 6.18 Å². The van der Waals surface area contributed by atoms with Crippen LogP contribution in [-0.2, 0) is 10.9 Å². The number of para-hydroxylation sites is 1. The Bertz CT molecular complexity index is 575. The Balaban J connectivity index is 2.19. The fourth-order valence-corrected chi connectivity index (χ4v) is 1.82. The second kappa shape index (κ2) is 3.43. The lowest BCUT2D eigenvalue weighted by molar-refractivity contribution is -0.136. The molecule has 1 aliphatic rings. The van der Waals surface area contributed by atoms with Gasteiger partial charge in [-0.1, -0.05) is 12.1 Å². The summed E-state index contributed by atoms with van der Waals surface area (Å²) in [6.07, 6.45) is -2.92. The quantitative estimate of drug-likeness (QED) is 0.713. The first-order valence-corrected chi connectivity index (χ1v) is 5.13. The topological polar surface area (TPSA) is 25.4 Å². The second-order valence-electron chi connectivity index (χ2n) is 3.97. The number of fused-ring (bicyclic) bond motifs is 1. The number of hydrogen-bond donors (Lipinski definition) is 0. The van der Waals surface area contributed by atoms with E-state index in [1.165, 1.54) is 12.3 Å². The van der Waals surface area contributed by atoms with E-state index in [0.717, 1.165) is 11.6 Å². The number of benzene rings is 1. The predicted molar refractivity (Wildman–Crippen MR) is 55.4 cm³/mol. The molecule has 17 heavy (non-hydrogen) atoms. The lowest BCUT2D eigenvalue weighted by Crippen LogP contribution is -2.06. The van der Waals surface area contributed by atoms with Crippen molar-refractivity contribution in [2.75, 3.05) is 6.61 Å². The summed E-state index contributed by atoms with van der Waals surface area (Å²) in [6, 6.07) is 5.77. The Hall–Kier alpha value is -1.62. The van der Waals surface area contributed by atoms with Crippen LogP contribution in [0.25, 0.3) is 10.9 Å². The van der Waals surface area contributed by atoms with Crippen LogP contribution in [0.1, 0.15) is 17.2 Å². The zero-order chi connectivity index (χ0) is 12.0. The van der Waals surface area contributed by atoms with E-state index in [0.29, 0.717) is 12.0 Å². The average Bonchev–Trinajstić information content (AvgIpc) is 3.10. The summed E-state index contributed by atoms with van der Waals surface area (Å²) in [5, 5.41) is 0.493. The highest BCUT2D eigenvalue weighted by Gasteiger charge is 2.33. The molecular weight excluding hydrogens is 231 g/mol. The number of epoxide rings is 1. The minimum atomic E-state index is -4.37. The number of rotatable bonds is 1. The van der Waals surface area contributed by atoms with Crippen molar-refractivity contribution in [1.29, 1.82) is 0 Å². The van der Waals surface area contributed by atoms with Gasteiger partial charge in [-0.25, -0.2) is 0 Å². The van der Waals surface area contributed by atoms with E-state index < -0.39 is 11.7 Å². The number of alkyl halides is 3. The summed E-state index contributed by atoms with van der Waals surface area (Å²) >= 11 is 0. The maximum atomic E-state index is 12.7. The molecule has 0 saturated carbocycles. The summed E-state index contributed by atoms with van der Waals surface area (Å²) in [7, 11) is 0. The zero-order valence-corrected chi connectivity index (χ0v) is 8.66. The van der Waals surface area contributed by atoms with Gasteiger partial charge < -0.3 is 4.74 Å². The Morgan fingerprint density at radius 3 is 2.71 bits per heavy atom. The van der Waals surface area contributed by atoms with E-state index in [1.807, 2.05) is 0 Å². The van der Waals surface area contributed by atoms with Gasteiger partial charge in [0.2, 0.25) is 0 Å². The molecule has 3 rings (SSSR count). The maximum Gasteiger partial charge on any atom is 0.418 e. The molecule has 0 aliphatic carbocycles. The third kappa shape index (κ3) is 1.86. The van der Waals surface area contributed by atoms with Gasteiger partial charge in [0, 0.05) is 17.1 Å². The van der Waals surface area contributed by atoms with E-state index in [-0.39, 0.29) is 11.6 Å². The summed E-state index contributed by atoms with van der Waals surface area (Å²) in [4.78, 5) is 3.91. The molecule has 0 radical (unpaired) electrons. The predicted octanol–water partition coefficient (Wildman–Crippen LogP) is 3.32. The molecule has 1 aliphatic heterocycles. The maximum absolute atomic E-state index is 12.7. The smallest absolute Gasteiger partial charge is 0.368 e. The summed E-state index contributed by atoms with van der Waals surface area (Å²) in [6.45, 7) is 0.617. The van der Waals surface area contributed by atoms with Gasteiger partial charge in [0.1, 0.15) is 6.10 Å². The molecule has 0 amide bonds. The second-order valence-corrected chi connectivity index (χ2v) is 3.97. The molecule has 1 saturated heterocycles. The van der Waals surface area contributed by atoms with Crippen LogP contribution in [0.3, 0.4) is 0 Å². The van der Waals surface area contributed by atoms with Crippen LogP contribution in [0.15, 0.2) is 30.5 Å². The van der Waals surface area contributed by atoms with E-state index in [9.17, 15) is 13.2 Å². The van der Waals surface area contributed by atoms with Crippen molar-refractivity contribution in [1.82, 2.24) is 4.98 Å². The Labute approximate surface area is 95.0 Å². The molecule has 2 nitrogen and oxygen atoms in total. The van der Waals surface area contributed by atoms with Crippen LogP contribution in [0, 0.1) is 0 Å². The van der Waals surface area contributed by atoms with Crippen molar-refractivity contribution in [2.24, 2.45) is 0 Å². The van der Waals surface area contributed by atoms with Crippen LogP contribution < -0.4 is 0 Å². The number of nitrogens with zero attached hydrogens (tertiary/aromatic N) is 1. The van der Waals surface area contributed by atoms with Gasteiger partial charge in [0.15, 0.2) is 0 Å². The Morgan fingerprint density at radius 1 is 1.29 bits per heavy atom. The van der Waals surface area contributed by atoms with Gasteiger partial charge in [-0.2, -0.15) is 13.2 Å². The number of hydrogen-bond acceptors (Lipinski definition) is 2. The van der Waals surface area contributed by atoms with Gasteiger partial charge in [-0.3, -0.25) is 4.98 Å². The summed E-state index contributed by atoms with van der Waals surface area (Å²) < 4.78 is 43.3. The van der Waals surface area contributed by atoms with Crippen molar-refractivity contribution in [2.45, 2.75) is 12.3 Å². The molecule has 1 aromatic carbocycles.